The first kappa shape index (κ1) is 17.7. The van der Waals surface area contributed by atoms with E-state index in [4.69, 9.17) is 4.74 Å². The second-order valence-corrected chi connectivity index (χ2v) is 10.1. The number of carbonyl (C=O) groups is 1. The number of carbonyl (C=O) groups excluding carboxylic acids is 1. The van der Waals surface area contributed by atoms with E-state index >= 15 is 0 Å². The number of hydrogen-bond acceptors (Lipinski definition) is 5. The monoisotopic (exact) mass is 372 g/mol. The fraction of sp³-hybridized carbons (Fsp3) is 0.688. The Hall–Kier alpha value is -1.12. The molecular formula is C16H24N2O4S2. The van der Waals surface area contributed by atoms with Gasteiger partial charge >= 0.3 is 6.03 Å². The summed E-state index contributed by atoms with van der Waals surface area (Å²) >= 11 is 1.18. The highest BCUT2D eigenvalue weighted by atomic mass is 32.2. The molecule has 2 amide bonds. The average molecular weight is 373 g/mol. The average Bonchev–Trinajstić information content (AvgIpc) is 3.25. The molecule has 1 aromatic rings. The zero-order valence-electron chi connectivity index (χ0n) is 13.8. The maximum atomic E-state index is 11.9. The van der Waals surface area contributed by atoms with Gasteiger partial charge in [-0.15, -0.1) is 11.3 Å². The molecule has 6 nitrogen and oxygen atoms in total. The van der Waals surface area contributed by atoms with Crippen molar-refractivity contribution in [1.82, 2.24) is 10.6 Å². The number of ether oxygens (including phenoxy) is 1. The Morgan fingerprint density at radius 3 is 2.71 bits per heavy atom. The van der Waals surface area contributed by atoms with Crippen LogP contribution in [0.1, 0.15) is 43.4 Å². The summed E-state index contributed by atoms with van der Waals surface area (Å²) in [6.45, 7) is 0.841. The molecule has 2 N–H and O–H groups in total. The third-order valence-electron chi connectivity index (χ3n) is 4.77. The van der Waals surface area contributed by atoms with Gasteiger partial charge in [-0.25, -0.2) is 13.2 Å². The zero-order chi connectivity index (χ0) is 17.2. The predicted octanol–water partition coefficient (Wildman–Crippen LogP) is 2.44. The Labute approximate surface area is 146 Å². The van der Waals surface area contributed by atoms with Crippen molar-refractivity contribution in [2.75, 3.05) is 12.8 Å². The van der Waals surface area contributed by atoms with Gasteiger partial charge in [0.1, 0.15) is 4.21 Å². The van der Waals surface area contributed by atoms with Crippen LogP contribution >= 0.6 is 11.3 Å². The van der Waals surface area contributed by atoms with Gasteiger partial charge in [-0.3, -0.25) is 0 Å². The van der Waals surface area contributed by atoms with Crippen LogP contribution in [0.25, 0.3) is 0 Å². The Kier molecular flexibility index (Phi) is 5.17. The van der Waals surface area contributed by atoms with Crippen LogP contribution < -0.4 is 10.6 Å². The van der Waals surface area contributed by atoms with Crippen molar-refractivity contribution < 1.29 is 17.9 Å². The summed E-state index contributed by atoms with van der Waals surface area (Å²) in [6, 6.07) is 3.05. The minimum Gasteiger partial charge on any atom is -0.370 e. The first-order chi connectivity index (χ1) is 11.4. The topological polar surface area (TPSA) is 84.5 Å². The molecule has 2 fully saturated rings. The molecule has 1 saturated carbocycles. The highest BCUT2D eigenvalue weighted by molar-refractivity contribution is 7.92. The summed E-state index contributed by atoms with van der Waals surface area (Å²) in [5, 5.41) is 5.61. The van der Waals surface area contributed by atoms with Gasteiger partial charge in [0.2, 0.25) is 0 Å². The van der Waals surface area contributed by atoms with Crippen LogP contribution in [0.2, 0.25) is 0 Å². The fourth-order valence-corrected chi connectivity index (χ4v) is 5.43. The Bertz CT molecular complexity index is 693. The van der Waals surface area contributed by atoms with E-state index in [0.717, 1.165) is 30.6 Å². The van der Waals surface area contributed by atoms with Crippen LogP contribution in [0.15, 0.2) is 16.3 Å². The minimum absolute atomic E-state index is 0.0852. The molecule has 1 aromatic heterocycles. The molecule has 8 heteroatoms. The lowest BCUT2D eigenvalue weighted by molar-refractivity contribution is -0.0341. The molecule has 3 rings (SSSR count). The van der Waals surface area contributed by atoms with Crippen LogP contribution in [0.3, 0.4) is 0 Å². The predicted molar refractivity (Wildman–Crippen MR) is 93.0 cm³/mol. The number of amides is 2. The minimum atomic E-state index is -3.18. The molecule has 0 bridgehead atoms. The molecule has 24 heavy (non-hydrogen) atoms. The van der Waals surface area contributed by atoms with E-state index in [2.05, 4.69) is 10.6 Å². The third-order valence-corrected chi connectivity index (χ3v) is 7.67. The lowest BCUT2D eigenvalue weighted by Crippen LogP contribution is -2.40. The van der Waals surface area contributed by atoms with E-state index in [9.17, 15) is 13.2 Å². The maximum Gasteiger partial charge on any atom is 0.315 e. The number of thiophene rings is 1. The van der Waals surface area contributed by atoms with Gasteiger partial charge < -0.3 is 15.4 Å². The Balaban J connectivity index is 1.39. The smallest absolute Gasteiger partial charge is 0.315 e. The molecule has 0 radical (unpaired) electrons. The lowest BCUT2D eigenvalue weighted by atomic mass is 9.98. The Morgan fingerprint density at radius 2 is 2.04 bits per heavy atom. The molecule has 1 aliphatic carbocycles. The fourth-order valence-electron chi connectivity index (χ4n) is 3.52. The number of sulfone groups is 1. The van der Waals surface area contributed by atoms with Crippen LogP contribution in [0.5, 0.6) is 0 Å². The summed E-state index contributed by atoms with van der Waals surface area (Å²) in [6.07, 6.45) is 8.18. The van der Waals surface area contributed by atoms with Crippen molar-refractivity contribution in [3.8, 4) is 0 Å². The van der Waals surface area contributed by atoms with Crippen molar-refractivity contribution in [3.05, 3.63) is 17.0 Å². The molecule has 1 atom stereocenters. The highest BCUT2D eigenvalue weighted by Gasteiger charge is 2.41. The molecule has 134 valence electrons. The molecular weight excluding hydrogens is 348 g/mol. The van der Waals surface area contributed by atoms with Gasteiger partial charge in [0, 0.05) is 17.7 Å². The van der Waals surface area contributed by atoms with Crippen molar-refractivity contribution in [1.29, 1.82) is 0 Å². The summed E-state index contributed by atoms with van der Waals surface area (Å²) in [7, 11) is -3.18. The van der Waals surface area contributed by atoms with Gasteiger partial charge in [0.15, 0.2) is 9.84 Å². The molecule has 0 aromatic carbocycles. The largest absolute Gasteiger partial charge is 0.370 e. The van der Waals surface area contributed by atoms with Gasteiger partial charge in [-0.2, -0.15) is 0 Å². The van der Waals surface area contributed by atoms with Crippen LogP contribution in [-0.4, -0.2) is 39.0 Å². The molecule has 2 aliphatic rings. The van der Waals surface area contributed by atoms with Gasteiger partial charge in [-0.05, 0) is 37.8 Å². The molecule has 1 saturated heterocycles. The van der Waals surface area contributed by atoms with Crippen LogP contribution in [0.4, 0.5) is 4.79 Å². The van der Waals surface area contributed by atoms with E-state index in [-0.39, 0.29) is 17.7 Å². The third kappa shape index (κ3) is 4.29. The standard InChI is InChI=1S/C16H24N2O4S2/c1-24(20,21)14-5-4-13(23-14)11-18-15(19)17-10-12-6-9-16(22-12)7-2-3-8-16/h4-5,12H,2-3,6-11H2,1H3,(H2,17,18,19). The van der Waals surface area contributed by atoms with Crippen molar-refractivity contribution in [3.63, 3.8) is 0 Å². The first-order valence-electron chi connectivity index (χ1n) is 8.35. The van der Waals surface area contributed by atoms with Gasteiger partial charge in [0.25, 0.3) is 0 Å². The van der Waals surface area contributed by atoms with Crippen LogP contribution in [0, 0.1) is 0 Å². The lowest BCUT2D eigenvalue weighted by Gasteiger charge is -2.23. The summed E-state index contributed by atoms with van der Waals surface area (Å²) in [5.41, 5.74) is 0.0852. The molecule has 1 unspecified atom stereocenters. The van der Waals surface area contributed by atoms with Crippen LogP contribution in [-0.2, 0) is 21.1 Å². The summed E-state index contributed by atoms with van der Waals surface area (Å²) in [4.78, 5) is 12.7. The van der Waals surface area contributed by atoms with Gasteiger partial charge in [-0.1, -0.05) is 12.8 Å². The van der Waals surface area contributed by atoms with E-state index in [1.54, 1.807) is 12.1 Å². The molecule has 2 heterocycles. The van der Waals surface area contributed by atoms with Crippen molar-refractivity contribution >= 4 is 27.2 Å². The number of rotatable bonds is 5. The first-order valence-corrected chi connectivity index (χ1v) is 11.1. The molecule has 1 aliphatic heterocycles. The number of nitrogens with one attached hydrogen (secondary N) is 2. The normalized spacial score (nSPS) is 22.8. The number of hydrogen-bond donors (Lipinski definition) is 2. The zero-order valence-corrected chi connectivity index (χ0v) is 15.5. The number of urea groups is 1. The SMILES string of the molecule is CS(=O)(=O)c1ccc(CNC(=O)NCC2CCC3(CCCC3)O2)s1. The second-order valence-electron chi connectivity index (χ2n) is 6.73. The van der Waals surface area contributed by atoms with E-state index < -0.39 is 9.84 Å². The van der Waals surface area contributed by atoms with Crippen molar-refractivity contribution in [2.24, 2.45) is 0 Å². The van der Waals surface area contributed by atoms with Crippen molar-refractivity contribution in [2.45, 2.75) is 61.0 Å². The van der Waals surface area contributed by atoms with E-state index in [0.29, 0.717) is 17.3 Å². The summed E-state index contributed by atoms with van der Waals surface area (Å²) < 4.78 is 29.4. The quantitative estimate of drug-likeness (QED) is 0.831. The van der Waals surface area contributed by atoms with Gasteiger partial charge in [0.05, 0.1) is 18.2 Å². The van der Waals surface area contributed by atoms with E-state index in [1.807, 2.05) is 0 Å². The highest BCUT2D eigenvalue weighted by Crippen LogP contribution is 2.43. The Morgan fingerprint density at radius 1 is 1.29 bits per heavy atom. The molecule has 1 spiro atoms. The summed E-state index contributed by atoms with van der Waals surface area (Å²) in [5.74, 6) is 0. The maximum absolute atomic E-state index is 11.9. The second kappa shape index (κ2) is 7.01. The van der Waals surface area contributed by atoms with E-state index in [1.165, 1.54) is 30.4 Å².